The summed E-state index contributed by atoms with van der Waals surface area (Å²) in [6.45, 7) is 1.74. The maximum atomic E-state index is 11.1. The van der Waals surface area contributed by atoms with Crippen LogP contribution in [0.15, 0.2) is 18.2 Å². The van der Waals surface area contributed by atoms with Gasteiger partial charge in [0.2, 0.25) is 0 Å². The van der Waals surface area contributed by atoms with Gasteiger partial charge in [-0.3, -0.25) is 10.1 Å². The lowest BCUT2D eigenvalue weighted by molar-refractivity contribution is -0.384. The van der Waals surface area contributed by atoms with Crippen molar-refractivity contribution < 1.29 is 4.92 Å². The number of nitriles is 1. The van der Waals surface area contributed by atoms with Gasteiger partial charge in [-0.05, 0) is 31.5 Å². The minimum absolute atomic E-state index is 0.0143. The van der Waals surface area contributed by atoms with E-state index in [0.29, 0.717) is 17.3 Å². The molecule has 0 saturated carbocycles. The molecule has 1 aromatic carbocycles. The zero-order valence-corrected chi connectivity index (χ0v) is 10.8. The summed E-state index contributed by atoms with van der Waals surface area (Å²) >= 11 is 0. The van der Waals surface area contributed by atoms with Crippen molar-refractivity contribution in [2.45, 2.75) is 18.9 Å². The van der Waals surface area contributed by atoms with Crippen molar-refractivity contribution in [1.29, 1.82) is 5.26 Å². The molecule has 6 nitrogen and oxygen atoms in total. The quantitative estimate of drug-likeness (QED) is 0.657. The van der Waals surface area contributed by atoms with E-state index in [9.17, 15) is 10.1 Å². The fourth-order valence-electron chi connectivity index (χ4n) is 2.40. The second-order valence-electron chi connectivity index (χ2n) is 4.75. The van der Waals surface area contributed by atoms with Crippen molar-refractivity contribution in [1.82, 2.24) is 5.32 Å². The molecule has 1 aromatic rings. The lowest BCUT2D eigenvalue weighted by atomic mass is 10.1. The first-order valence-electron chi connectivity index (χ1n) is 6.25. The molecule has 1 fully saturated rings. The average Bonchev–Trinajstić information content (AvgIpc) is 2.90. The Morgan fingerprint density at radius 2 is 2.42 bits per heavy atom. The van der Waals surface area contributed by atoms with Crippen LogP contribution in [0.3, 0.4) is 0 Å². The molecule has 0 amide bonds. The van der Waals surface area contributed by atoms with E-state index in [0.717, 1.165) is 25.9 Å². The molecule has 0 spiro atoms. The molecular formula is C13H16N4O2. The zero-order chi connectivity index (χ0) is 13.8. The number of nitro groups is 1. The molecule has 2 rings (SSSR count). The van der Waals surface area contributed by atoms with Crippen LogP contribution in [0.2, 0.25) is 0 Å². The number of hydrogen-bond donors (Lipinski definition) is 1. The molecule has 6 heteroatoms. The van der Waals surface area contributed by atoms with Crippen molar-refractivity contribution in [2.24, 2.45) is 0 Å². The smallest absolute Gasteiger partial charge is 0.293 e. The number of nitrogens with zero attached hydrogens (tertiary/aromatic N) is 3. The van der Waals surface area contributed by atoms with E-state index in [4.69, 9.17) is 5.26 Å². The third-order valence-corrected chi connectivity index (χ3v) is 3.37. The van der Waals surface area contributed by atoms with Crippen LogP contribution < -0.4 is 10.2 Å². The van der Waals surface area contributed by atoms with Gasteiger partial charge in [0.1, 0.15) is 5.69 Å². The second kappa shape index (κ2) is 5.67. The molecule has 1 heterocycles. The number of anilines is 1. The maximum Gasteiger partial charge on any atom is 0.293 e. The molecule has 1 N–H and O–H groups in total. The summed E-state index contributed by atoms with van der Waals surface area (Å²) in [5.74, 6) is 0. The Morgan fingerprint density at radius 3 is 3.00 bits per heavy atom. The Morgan fingerprint density at radius 1 is 1.63 bits per heavy atom. The highest BCUT2D eigenvalue weighted by Crippen LogP contribution is 2.28. The number of hydrogen-bond acceptors (Lipinski definition) is 5. The van der Waals surface area contributed by atoms with Gasteiger partial charge in [0.15, 0.2) is 0 Å². The monoisotopic (exact) mass is 260 g/mol. The van der Waals surface area contributed by atoms with Crippen LogP contribution in [-0.2, 0) is 0 Å². The number of likely N-dealkylation sites (N-methyl/N-ethyl adjacent to an activating group) is 1. The first-order chi connectivity index (χ1) is 9.11. The molecule has 0 bridgehead atoms. The van der Waals surface area contributed by atoms with Crippen LogP contribution >= 0.6 is 0 Å². The minimum atomic E-state index is -0.436. The first-order valence-corrected chi connectivity index (χ1v) is 6.25. The molecule has 1 unspecified atom stereocenters. The van der Waals surface area contributed by atoms with Crippen LogP contribution in [0.4, 0.5) is 11.4 Å². The first kappa shape index (κ1) is 13.3. The van der Waals surface area contributed by atoms with E-state index in [1.54, 1.807) is 12.1 Å². The number of rotatable bonds is 4. The molecule has 1 aliphatic rings. The van der Waals surface area contributed by atoms with Gasteiger partial charge >= 0.3 is 0 Å². The minimum Gasteiger partial charge on any atom is -0.367 e. The van der Waals surface area contributed by atoms with Gasteiger partial charge in [-0.2, -0.15) is 5.26 Å². The highest BCUT2D eigenvalue weighted by Gasteiger charge is 2.21. The van der Waals surface area contributed by atoms with Crippen LogP contribution in [0.25, 0.3) is 0 Å². The van der Waals surface area contributed by atoms with Gasteiger partial charge in [0, 0.05) is 25.7 Å². The third kappa shape index (κ3) is 3.01. The summed E-state index contributed by atoms with van der Waals surface area (Å²) in [6.07, 6.45) is 2.24. The lowest BCUT2D eigenvalue weighted by Crippen LogP contribution is -2.35. The van der Waals surface area contributed by atoms with Crippen molar-refractivity contribution in [3.05, 3.63) is 33.9 Å². The van der Waals surface area contributed by atoms with E-state index in [1.807, 2.05) is 18.0 Å². The van der Waals surface area contributed by atoms with Crippen molar-refractivity contribution >= 4 is 11.4 Å². The van der Waals surface area contributed by atoms with E-state index >= 15 is 0 Å². The van der Waals surface area contributed by atoms with Crippen molar-refractivity contribution in [2.75, 3.05) is 25.0 Å². The van der Waals surface area contributed by atoms with Gasteiger partial charge in [-0.15, -0.1) is 0 Å². The highest BCUT2D eigenvalue weighted by atomic mass is 16.6. The Kier molecular flexibility index (Phi) is 3.97. The molecule has 19 heavy (non-hydrogen) atoms. The fraction of sp³-hybridized carbons (Fsp3) is 0.462. The fourth-order valence-corrected chi connectivity index (χ4v) is 2.40. The Hall–Kier alpha value is -2.13. The molecule has 1 saturated heterocycles. The van der Waals surface area contributed by atoms with Crippen LogP contribution in [0, 0.1) is 21.4 Å². The Bertz CT molecular complexity index is 518. The van der Waals surface area contributed by atoms with Crippen molar-refractivity contribution in [3.63, 3.8) is 0 Å². The van der Waals surface area contributed by atoms with E-state index in [2.05, 4.69) is 5.32 Å². The van der Waals surface area contributed by atoms with Gasteiger partial charge in [-0.1, -0.05) is 0 Å². The number of nitro benzene ring substituents is 1. The molecule has 0 radical (unpaired) electrons. The van der Waals surface area contributed by atoms with E-state index in [-0.39, 0.29) is 5.69 Å². The van der Waals surface area contributed by atoms with Crippen molar-refractivity contribution in [3.8, 4) is 6.07 Å². The van der Waals surface area contributed by atoms with Crippen LogP contribution in [0.1, 0.15) is 18.4 Å². The van der Waals surface area contributed by atoms with Gasteiger partial charge in [0.05, 0.1) is 16.6 Å². The summed E-state index contributed by atoms with van der Waals surface area (Å²) in [7, 11) is 1.84. The predicted octanol–water partition coefficient (Wildman–Crippen LogP) is 1.65. The largest absolute Gasteiger partial charge is 0.367 e. The van der Waals surface area contributed by atoms with Gasteiger partial charge in [-0.25, -0.2) is 0 Å². The summed E-state index contributed by atoms with van der Waals surface area (Å²) < 4.78 is 0. The van der Waals surface area contributed by atoms with E-state index < -0.39 is 4.92 Å². The third-order valence-electron chi connectivity index (χ3n) is 3.37. The van der Waals surface area contributed by atoms with Crippen LogP contribution in [0.5, 0.6) is 0 Å². The maximum absolute atomic E-state index is 11.1. The van der Waals surface area contributed by atoms with Gasteiger partial charge < -0.3 is 10.2 Å². The summed E-state index contributed by atoms with van der Waals surface area (Å²) in [5.41, 5.74) is 0.847. The second-order valence-corrected chi connectivity index (χ2v) is 4.75. The predicted molar refractivity (Wildman–Crippen MR) is 72.1 cm³/mol. The zero-order valence-electron chi connectivity index (χ0n) is 10.8. The molecule has 1 aliphatic heterocycles. The molecule has 0 aromatic heterocycles. The van der Waals surface area contributed by atoms with Gasteiger partial charge in [0.25, 0.3) is 5.69 Å². The normalized spacial score (nSPS) is 18.0. The lowest BCUT2D eigenvalue weighted by Gasteiger charge is -2.23. The summed E-state index contributed by atoms with van der Waals surface area (Å²) in [5, 5.41) is 23.3. The Labute approximate surface area is 111 Å². The standard InChI is InChI=1S/C13H16N4O2/c1-16(9-11-3-2-6-15-11)12-5-4-10(8-14)7-13(12)17(18)19/h4-5,7,11,15H,2-3,6,9H2,1H3. The molecule has 1 atom stereocenters. The average molecular weight is 260 g/mol. The summed E-state index contributed by atoms with van der Waals surface area (Å²) in [4.78, 5) is 12.5. The number of benzene rings is 1. The summed E-state index contributed by atoms with van der Waals surface area (Å²) in [6, 6.07) is 6.89. The Balaban J connectivity index is 2.22. The molecule has 100 valence electrons. The van der Waals surface area contributed by atoms with Crippen LogP contribution in [-0.4, -0.2) is 31.1 Å². The number of nitrogens with one attached hydrogen (secondary N) is 1. The SMILES string of the molecule is CN(CC1CCCN1)c1ccc(C#N)cc1[N+](=O)[O-]. The molecule has 0 aliphatic carbocycles. The highest BCUT2D eigenvalue weighted by molar-refractivity contribution is 5.65. The molecular weight excluding hydrogens is 244 g/mol. The van der Waals surface area contributed by atoms with E-state index in [1.165, 1.54) is 6.07 Å². The topological polar surface area (TPSA) is 82.2 Å².